The van der Waals surface area contributed by atoms with Crippen LogP contribution in [0.1, 0.15) is 62.5 Å². The highest BCUT2D eigenvalue weighted by Gasteiger charge is 2.35. The van der Waals surface area contributed by atoms with Crippen LogP contribution in [0.3, 0.4) is 0 Å². The van der Waals surface area contributed by atoms with Crippen LogP contribution in [0.25, 0.3) is 0 Å². The summed E-state index contributed by atoms with van der Waals surface area (Å²) in [7, 11) is 0. The molecule has 0 amide bonds. The van der Waals surface area contributed by atoms with Crippen molar-refractivity contribution in [2.75, 3.05) is 36.0 Å². The second-order valence-corrected chi connectivity index (χ2v) is 9.72. The third-order valence-electron chi connectivity index (χ3n) is 6.89. The monoisotopic (exact) mass is 576 g/mol. The molecule has 0 bridgehead atoms. The predicted molar refractivity (Wildman–Crippen MR) is 138 cm³/mol. The summed E-state index contributed by atoms with van der Waals surface area (Å²) >= 11 is 0. The van der Waals surface area contributed by atoms with E-state index < -0.39 is 44.7 Å². The zero-order chi connectivity index (χ0) is 29.5. The van der Waals surface area contributed by atoms with Gasteiger partial charge in [-0.15, -0.1) is 0 Å². The van der Waals surface area contributed by atoms with Crippen LogP contribution in [0.4, 0.5) is 49.1 Å². The zero-order valence-corrected chi connectivity index (χ0v) is 21.6. The normalized spacial score (nSPS) is 16.9. The van der Waals surface area contributed by atoms with Crippen LogP contribution >= 0.6 is 0 Å². The first-order valence-electron chi connectivity index (χ1n) is 13.0. The molecule has 0 radical (unpaired) electrons. The Kier molecular flexibility index (Phi) is 10.2. The lowest BCUT2D eigenvalue weighted by molar-refractivity contribution is -0.384. The van der Waals surface area contributed by atoms with Gasteiger partial charge in [-0.05, 0) is 49.9 Å². The van der Waals surface area contributed by atoms with E-state index in [1.807, 2.05) is 9.80 Å². The number of halogens is 6. The third-order valence-corrected chi connectivity index (χ3v) is 6.89. The van der Waals surface area contributed by atoms with Gasteiger partial charge in [0.05, 0.1) is 21.0 Å². The number of nitro groups is 2. The van der Waals surface area contributed by atoms with Crippen molar-refractivity contribution in [1.29, 1.82) is 0 Å². The molecule has 2 aromatic rings. The number of alkyl halides is 6. The third kappa shape index (κ3) is 8.21. The summed E-state index contributed by atoms with van der Waals surface area (Å²) in [4.78, 5) is 24.2. The quantitative estimate of drug-likeness (QED) is 0.208. The van der Waals surface area contributed by atoms with Gasteiger partial charge >= 0.3 is 12.4 Å². The largest absolute Gasteiger partial charge is 0.416 e. The van der Waals surface area contributed by atoms with Crippen molar-refractivity contribution < 1.29 is 36.2 Å². The topological polar surface area (TPSA) is 92.8 Å². The summed E-state index contributed by atoms with van der Waals surface area (Å²) in [5.41, 5.74) is -2.34. The first-order chi connectivity index (χ1) is 18.8. The molecule has 8 nitrogen and oxygen atoms in total. The lowest BCUT2D eigenvalue weighted by atomic mass is 10.1. The average Bonchev–Trinajstić information content (AvgIpc) is 3.33. The minimum atomic E-state index is -4.57. The molecule has 2 aliphatic heterocycles. The minimum Gasteiger partial charge on any atom is -0.366 e. The zero-order valence-electron chi connectivity index (χ0n) is 21.6. The van der Waals surface area contributed by atoms with Crippen molar-refractivity contribution in [2.24, 2.45) is 0 Å². The van der Waals surface area contributed by atoms with Crippen LogP contribution in [0.15, 0.2) is 36.4 Å². The molecule has 2 fully saturated rings. The van der Waals surface area contributed by atoms with Crippen molar-refractivity contribution in [2.45, 2.75) is 63.7 Å². The van der Waals surface area contributed by atoms with Crippen molar-refractivity contribution in [3.05, 3.63) is 67.8 Å². The molecule has 14 heteroatoms. The molecule has 4 rings (SSSR count). The van der Waals surface area contributed by atoms with Crippen LogP contribution in [0, 0.1) is 20.2 Å². The molecule has 0 saturated carbocycles. The fourth-order valence-electron chi connectivity index (χ4n) is 4.85. The highest BCUT2D eigenvalue weighted by molar-refractivity contribution is 5.65. The van der Waals surface area contributed by atoms with Crippen molar-refractivity contribution in [3.63, 3.8) is 0 Å². The highest BCUT2D eigenvalue weighted by atomic mass is 19.4. The molecule has 40 heavy (non-hydrogen) atoms. The van der Waals surface area contributed by atoms with Gasteiger partial charge in [-0.25, -0.2) is 0 Å². The summed E-state index contributed by atoms with van der Waals surface area (Å²) in [6.45, 7) is 2.58. The molecule has 2 aliphatic rings. The maximum atomic E-state index is 12.6. The standard InChI is InChI=1S/2C13H15F3N2O2/c2*14-13(15,16)10-5-6-11(12(9-10)18(19)20)17-7-3-1-2-4-8-17/h2*5-6,9H,1-4,7-8H2. The molecule has 220 valence electrons. The van der Waals surface area contributed by atoms with Gasteiger partial charge in [0.15, 0.2) is 0 Å². The summed E-state index contributed by atoms with van der Waals surface area (Å²) in [5, 5.41) is 22.1. The minimum absolute atomic E-state index is 0.282. The van der Waals surface area contributed by atoms with Crippen LogP contribution < -0.4 is 9.80 Å². The Morgan fingerprint density at radius 1 is 0.550 bits per heavy atom. The second kappa shape index (κ2) is 13.2. The number of nitrogens with zero attached hydrogens (tertiary/aromatic N) is 4. The van der Waals surface area contributed by atoms with Crippen molar-refractivity contribution in [3.8, 4) is 0 Å². The predicted octanol–water partition coefficient (Wildman–Crippen LogP) is 7.99. The second-order valence-electron chi connectivity index (χ2n) is 9.72. The van der Waals surface area contributed by atoms with Gasteiger partial charge in [-0.2, -0.15) is 26.3 Å². The van der Waals surface area contributed by atoms with Gasteiger partial charge in [0.25, 0.3) is 11.4 Å². The molecular formula is C26H30F6N4O4. The number of benzene rings is 2. The molecule has 0 aromatic heterocycles. The van der Waals surface area contributed by atoms with E-state index >= 15 is 0 Å². The number of anilines is 2. The fourth-order valence-corrected chi connectivity index (χ4v) is 4.85. The number of nitro benzene ring substituents is 2. The van der Waals surface area contributed by atoms with Gasteiger partial charge in [-0.3, -0.25) is 20.2 Å². The average molecular weight is 577 g/mol. The van der Waals surface area contributed by atoms with E-state index in [9.17, 15) is 46.6 Å². The molecule has 0 N–H and O–H groups in total. The Morgan fingerprint density at radius 2 is 0.850 bits per heavy atom. The maximum Gasteiger partial charge on any atom is 0.416 e. The smallest absolute Gasteiger partial charge is 0.366 e. The first-order valence-corrected chi connectivity index (χ1v) is 13.0. The van der Waals surface area contributed by atoms with Gasteiger partial charge in [0, 0.05) is 38.3 Å². The Hall–Kier alpha value is -3.58. The molecule has 2 saturated heterocycles. The number of rotatable bonds is 4. The van der Waals surface area contributed by atoms with E-state index in [0.717, 1.165) is 63.5 Å². The van der Waals surface area contributed by atoms with Crippen molar-refractivity contribution >= 4 is 22.7 Å². The maximum absolute atomic E-state index is 12.6. The van der Waals surface area contributed by atoms with Crippen LogP contribution in [-0.4, -0.2) is 36.0 Å². The molecular weight excluding hydrogens is 546 g/mol. The van der Waals surface area contributed by atoms with E-state index in [1.165, 1.54) is 12.1 Å². The van der Waals surface area contributed by atoms with E-state index in [0.29, 0.717) is 38.3 Å². The Morgan fingerprint density at radius 3 is 1.10 bits per heavy atom. The Labute approximate surface area is 226 Å². The van der Waals surface area contributed by atoms with Crippen LogP contribution in [0.5, 0.6) is 0 Å². The van der Waals surface area contributed by atoms with Gasteiger partial charge in [0.2, 0.25) is 0 Å². The molecule has 0 spiro atoms. The van der Waals surface area contributed by atoms with Crippen molar-refractivity contribution in [1.82, 2.24) is 0 Å². The molecule has 0 unspecified atom stereocenters. The van der Waals surface area contributed by atoms with E-state index in [2.05, 4.69) is 0 Å². The Balaban J connectivity index is 0.000000220. The van der Waals surface area contributed by atoms with Crippen LogP contribution in [-0.2, 0) is 12.4 Å². The number of hydrogen-bond acceptors (Lipinski definition) is 6. The van der Waals surface area contributed by atoms with E-state index in [-0.39, 0.29) is 11.4 Å². The fraction of sp³-hybridized carbons (Fsp3) is 0.538. The van der Waals surface area contributed by atoms with E-state index in [4.69, 9.17) is 0 Å². The number of hydrogen-bond donors (Lipinski definition) is 0. The summed E-state index contributed by atoms with van der Waals surface area (Å²) < 4.78 is 75.8. The lowest BCUT2D eigenvalue weighted by Crippen LogP contribution is -2.25. The molecule has 0 atom stereocenters. The molecule has 2 aromatic carbocycles. The van der Waals surface area contributed by atoms with Crippen LogP contribution in [0.2, 0.25) is 0 Å². The lowest BCUT2D eigenvalue weighted by Gasteiger charge is -2.22. The summed E-state index contributed by atoms with van der Waals surface area (Å²) in [6.07, 6.45) is -1.34. The van der Waals surface area contributed by atoms with E-state index in [1.54, 1.807) is 0 Å². The summed E-state index contributed by atoms with van der Waals surface area (Å²) in [6, 6.07) is 5.50. The van der Waals surface area contributed by atoms with Gasteiger partial charge in [-0.1, -0.05) is 25.7 Å². The molecule has 2 heterocycles. The molecule has 0 aliphatic carbocycles. The highest BCUT2D eigenvalue weighted by Crippen LogP contribution is 2.38. The Bertz CT molecular complexity index is 1080. The summed E-state index contributed by atoms with van der Waals surface area (Å²) in [5.74, 6) is 0. The first kappa shape index (κ1) is 31.0. The van der Waals surface area contributed by atoms with Gasteiger partial charge in [0.1, 0.15) is 11.4 Å². The SMILES string of the molecule is O=[N+]([O-])c1cc(C(F)(F)F)ccc1N1CCCCCC1.O=[N+]([O-])c1cc(C(F)(F)F)ccc1N1CCCCCC1. The van der Waals surface area contributed by atoms with Gasteiger partial charge < -0.3 is 9.80 Å².